The third-order valence-electron chi connectivity index (χ3n) is 5.25. The van der Waals surface area contributed by atoms with Gasteiger partial charge in [0.05, 0.1) is 12.0 Å². The molecule has 8 heteroatoms. The van der Waals surface area contributed by atoms with Crippen LogP contribution in [0.2, 0.25) is 0 Å². The normalized spacial score (nSPS) is 13.0. The molecule has 160 valence electrons. The van der Waals surface area contributed by atoms with Crippen molar-refractivity contribution in [3.63, 3.8) is 0 Å². The van der Waals surface area contributed by atoms with Crippen molar-refractivity contribution < 1.29 is 9.59 Å². The number of carbonyl (C=O) groups excluding carboxylic acids is 2. The van der Waals surface area contributed by atoms with Crippen LogP contribution in [0, 0.1) is 5.92 Å². The summed E-state index contributed by atoms with van der Waals surface area (Å²) in [6.45, 7) is 0.656. The fraction of sp³-hybridized carbons (Fsp3) is 0.167. The van der Waals surface area contributed by atoms with E-state index in [9.17, 15) is 9.59 Å². The lowest BCUT2D eigenvalue weighted by molar-refractivity contribution is -0.117. The van der Waals surface area contributed by atoms with Crippen LogP contribution >= 0.6 is 0 Å². The number of nitrogens with zero attached hydrogens (tertiary/aromatic N) is 4. The Balaban J connectivity index is 1.37. The van der Waals surface area contributed by atoms with Gasteiger partial charge in [0.2, 0.25) is 5.91 Å². The molecule has 0 radical (unpaired) electrons. The Morgan fingerprint density at radius 1 is 1.00 bits per heavy atom. The second-order valence-electron chi connectivity index (χ2n) is 7.82. The molecule has 2 N–H and O–H groups in total. The van der Waals surface area contributed by atoms with E-state index in [4.69, 9.17) is 0 Å². The highest BCUT2D eigenvalue weighted by Gasteiger charge is 2.30. The van der Waals surface area contributed by atoms with Gasteiger partial charge in [-0.05, 0) is 42.7 Å². The molecule has 2 amide bonds. The first kappa shape index (κ1) is 19.7. The molecule has 0 aliphatic heterocycles. The summed E-state index contributed by atoms with van der Waals surface area (Å²) in [5, 5.41) is 10.3. The maximum Gasteiger partial charge on any atom is 0.276 e. The molecule has 0 spiro atoms. The Kier molecular flexibility index (Phi) is 5.25. The van der Waals surface area contributed by atoms with Crippen molar-refractivity contribution in [3.05, 3.63) is 90.6 Å². The number of amides is 2. The van der Waals surface area contributed by atoms with Crippen molar-refractivity contribution in [1.29, 1.82) is 0 Å². The fourth-order valence-electron chi connectivity index (χ4n) is 3.45. The average Bonchev–Trinajstić information content (AvgIpc) is 3.38. The molecule has 2 aromatic heterocycles. The highest BCUT2D eigenvalue weighted by atomic mass is 16.2. The van der Waals surface area contributed by atoms with Crippen LogP contribution in [0.25, 0.3) is 5.69 Å². The molecular formula is C24H22N6O2. The van der Waals surface area contributed by atoms with E-state index in [1.807, 2.05) is 65.4 Å². The SMILES string of the molecule is O=C(Nc1cccc(Cn2ccnc2)c1)c1cc(NC(=O)C2CC2)n(-c2ccccc2)n1. The van der Waals surface area contributed by atoms with Crippen LogP contribution in [0.3, 0.4) is 0 Å². The minimum absolute atomic E-state index is 0.0405. The van der Waals surface area contributed by atoms with Gasteiger partial charge in [0, 0.05) is 36.6 Å². The van der Waals surface area contributed by atoms with Crippen LogP contribution in [-0.2, 0) is 11.3 Å². The molecule has 32 heavy (non-hydrogen) atoms. The lowest BCUT2D eigenvalue weighted by Gasteiger charge is -2.08. The summed E-state index contributed by atoms with van der Waals surface area (Å²) in [6, 6.07) is 18.7. The minimum Gasteiger partial charge on any atom is -0.333 e. The number of aromatic nitrogens is 4. The van der Waals surface area contributed by atoms with E-state index in [0.717, 1.165) is 24.1 Å². The third-order valence-corrected chi connectivity index (χ3v) is 5.25. The van der Waals surface area contributed by atoms with Gasteiger partial charge in [-0.1, -0.05) is 30.3 Å². The highest BCUT2D eigenvalue weighted by molar-refractivity contribution is 6.04. The van der Waals surface area contributed by atoms with Crippen LogP contribution < -0.4 is 10.6 Å². The summed E-state index contributed by atoms with van der Waals surface area (Å²) in [5.74, 6) is 0.138. The van der Waals surface area contributed by atoms with Crippen molar-refractivity contribution in [2.75, 3.05) is 10.6 Å². The van der Waals surface area contributed by atoms with Crippen molar-refractivity contribution in [2.45, 2.75) is 19.4 Å². The average molecular weight is 426 g/mol. The van der Waals surface area contributed by atoms with Crippen LogP contribution in [0.4, 0.5) is 11.5 Å². The quantitative estimate of drug-likeness (QED) is 0.471. The van der Waals surface area contributed by atoms with Crippen molar-refractivity contribution in [1.82, 2.24) is 19.3 Å². The summed E-state index contributed by atoms with van der Waals surface area (Å²) in [4.78, 5) is 29.3. The number of para-hydroxylation sites is 1. The Bertz CT molecular complexity index is 1240. The van der Waals surface area contributed by atoms with Gasteiger partial charge in [-0.3, -0.25) is 9.59 Å². The molecule has 2 aromatic carbocycles. The number of hydrogen-bond acceptors (Lipinski definition) is 4. The predicted octanol–water partition coefficient (Wildman–Crippen LogP) is 3.72. The van der Waals surface area contributed by atoms with Crippen molar-refractivity contribution >= 4 is 23.3 Å². The Labute approximate surface area is 184 Å². The zero-order valence-electron chi connectivity index (χ0n) is 17.3. The summed E-state index contributed by atoms with van der Waals surface area (Å²) in [6.07, 6.45) is 7.16. The van der Waals surface area contributed by atoms with Crippen molar-refractivity contribution in [2.24, 2.45) is 5.92 Å². The fourth-order valence-corrected chi connectivity index (χ4v) is 3.45. The first-order chi connectivity index (χ1) is 15.7. The smallest absolute Gasteiger partial charge is 0.276 e. The summed E-state index contributed by atoms with van der Waals surface area (Å²) >= 11 is 0. The predicted molar refractivity (Wildman–Crippen MR) is 121 cm³/mol. The lowest BCUT2D eigenvalue weighted by Crippen LogP contribution is -2.16. The summed E-state index contributed by atoms with van der Waals surface area (Å²) in [5.41, 5.74) is 2.69. The van der Waals surface area contributed by atoms with Gasteiger partial charge in [0.1, 0.15) is 5.82 Å². The molecule has 1 saturated carbocycles. The molecule has 0 unspecified atom stereocenters. The lowest BCUT2D eigenvalue weighted by atomic mass is 10.2. The number of benzene rings is 2. The number of nitrogens with one attached hydrogen (secondary N) is 2. The second kappa shape index (κ2) is 8.50. The molecule has 1 aliphatic rings. The van der Waals surface area contributed by atoms with Gasteiger partial charge in [-0.15, -0.1) is 0 Å². The van der Waals surface area contributed by atoms with E-state index in [2.05, 4.69) is 20.7 Å². The topological polar surface area (TPSA) is 93.8 Å². The number of rotatable bonds is 7. The van der Waals surface area contributed by atoms with Crippen molar-refractivity contribution in [3.8, 4) is 5.69 Å². The van der Waals surface area contributed by atoms with E-state index < -0.39 is 0 Å². The second-order valence-corrected chi connectivity index (χ2v) is 7.82. The van der Waals surface area contributed by atoms with Gasteiger partial charge in [0.15, 0.2) is 5.69 Å². The van der Waals surface area contributed by atoms with E-state index in [1.54, 1.807) is 23.3 Å². The Morgan fingerprint density at radius 3 is 2.59 bits per heavy atom. The molecule has 5 rings (SSSR count). The van der Waals surface area contributed by atoms with E-state index >= 15 is 0 Å². The molecule has 1 fully saturated rings. The van der Waals surface area contributed by atoms with Crippen LogP contribution in [0.1, 0.15) is 28.9 Å². The van der Waals surface area contributed by atoms with Gasteiger partial charge in [-0.2, -0.15) is 5.10 Å². The van der Waals surface area contributed by atoms with E-state index in [0.29, 0.717) is 18.1 Å². The molecular weight excluding hydrogens is 404 g/mol. The number of hydrogen-bond donors (Lipinski definition) is 2. The molecule has 0 atom stereocenters. The van der Waals surface area contributed by atoms with Crippen LogP contribution in [-0.4, -0.2) is 31.1 Å². The van der Waals surface area contributed by atoms with Crippen LogP contribution in [0.15, 0.2) is 79.4 Å². The summed E-state index contributed by atoms with van der Waals surface area (Å²) in [7, 11) is 0. The zero-order chi connectivity index (χ0) is 21.9. The molecule has 0 bridgehead atoms. The standard InChI is InChI=1S/C24H22N6O2/c31-23(18-9-10-18)27-22-14-21(28-30(22)20-7-2-1-3-8-20)24(32)26-19-6-4-5-17(13-19)15-29-12-11-25-16-29/h1-8,11-14,16,18H,9-10,15H2,(H,26,32)(H,27,31). The molecule has 1 aliphatic carbocycles. The number of carbonyl (C=O) groups is 2. The largest absolute Gasteiger partial charge is 0.333 e. The maximum atomic E-state index is 13.0. The Morgan fingerprint density at radius 2 is 1.84 bits per heavy atom. The molecule has 8 nitrogen and oxygen atoms in total. The van der Waals surface area contributed by atoms with Gasteiger partial charge in [-0.25, -0.2) is 9.67 Å². The van der Waals surface area contributed by atoms with Gasteiger partial charge < -0.3 is 15.2 Å². The first-order valence-corrected chi connectivity index (χ1v) is 10.5. The molecule has 0 saturated heterocycles. The van der Waals surface area contributed by atoms with E-state index in [-0.39, 0.29) is 23.4 Å². The first-order valence-electron chi connectivity index (χ1n) is 10.5. The number of anilines is 2. The monoisotopic (exact) mass is 426 g/mol. The van der Waals surface area contributed by atoms with Crippen LogP contribution in [0.5, 0.6) is 0 Å². The Hall–Kier alpha value is -4.20. The molecule has 2 heterocycles. The zero-order valence-corrected chi connectivity index (χ0v) is 17.3. The highest BCUT2D eigenvalue weighted by Crippen LogP contribution is 2.30. The minimum atomic E-state index is -0.346. The summed E-state index contributed by atoms with van der Waals surface area (Å²) < 4.78 is 3.54. The van der Waals surface area contributed by atoms with Gasteiger partial charge in [0.25, 0.3) is 5.91 Å². The molecule has 4 aromatic rings. The third kappa shape index (κ3) is 4.44. The number of imidazole rings is 1. The maximum absolute atomic E-state index is 13.0. The van der Waals surface area contributed by atoms with Gasteiger partial charge >= 0.3 is 0 Å². The van der Waals surface area contributed by atoms with E-state index in [1.165, 1.54) is 0 Å².